The fourth-order valence-electron chi connectivity index (χ4n) is 3.29. The average Bonchev–Trinajstić information content (AvgIpc) is 2.78. The number of nitrogens with zero attached hydrogens (tertiary/aromatic N) is 2. The highest BCUT2D eigenvalue weighted by molar-refractivity contribution is 7.89. The number of quaternary nitrogens is 1. The summed E-state index contributed by atoms with van der Waals surface area (Å²) in [6.45, 7) is 0.526. The molecule has 3 rings (SSSR count). The van der Waals surface area contributed by atoms with Crippen molar-refractivity contribution in [2.24, 2.45) is 0 Å². The van der Waals surface area contributed by atoms with Crippen molar-refractivity contribution < 1.29 is 27.2 Å². The Kier molecular flexibility index (Phi) is 8.38. The first-order valence-electron chi connectivity index (χ1n) is 10.8. The van der Waals surface area contributed by atoms with E-state index in [0.717, 1.165) is 5.56 Å². The van der Waals surface area contributed by atoms with Crippen LogP contribution in [0.1, 0.15) is 12.0 Å². The van der Waals surface area contributed by atoms with Gasteiger partial charge >= 0.3 is 5.97 Å². The maximum absolute atomic E-state index is 13.0. The Balaban J connectivity index is 1.66. The summed E-state index contributed by atoms with van der Waals surface area (Å²) in [5, 5.41) is 0. The first kappa shape index (κ1) is 25.4. The molecule has 8 nitrogen and oxygen atoms in total. The Morgan fingerprint density at radius 3 is 2.21 bits per heavy atom. The summed E-state index contributed by atoms with van der Waals surface area (Å²) in [7, 11) is 1.85. The van der Waals surface area contributed by atoms with E-state index in [1.54, 1.807) is 12.1 Å². The molecule has 1 atom stereocenters. The maximum Gasteiger partial charge on any atom is 0.307 e. The van der Waals surface area contributed by atoms with Crippen molar-refractivity contribution in [3.63, 3.8) is 0 Å². The Morgan fingerprint density at radius 2 is 1.62 bits per heavy atom. The van der Waals surface area contributed by atoms with E-state index in [4.69, 9.17) is 9.47 Å². The van der Waals surface area contributed by atoms with Crippen LogP contribution < -0.4 is 9.46 Å². The van der Waals surface area contributed by atoms with Crippen LogP contribution in [-0.2, 0) is 26.2 Å². The average molecular weight is 485 g/mol. The van der Waals surface area contributed by atoms with Crippen LogP contribution in [0.3, 0.4) is 0 Å². The van der Waals surface area contributed by atoms with Crippen molar-refractivity contribution in [2.75, 3.05) is 27.7 Å². The number of para-hydroxylation sites is 1. The highest BCUT2D eigenvalue weighted by Crippen LogP contribution is 2.20. The van der Waals surface area contributed by atoms with Gasteiger partial charge in [0.05, 0.1) is 46.3 Å². The number of ether oxygens (including phenoxy) is 2. The minimum absolute atomic E-state index is 0.0167. The lowest BCUT2D eigenvalue weighted by atomic mass is 10.2. The van der Waals surface area contributed by atoms with E-state index in [1.165, 1.54) is 18.3 Å². The number of sulfonamides is 1. The van der Waals surface area contributed by atoms with Gasteiger partial charge in [-0.3, -0.25) is 4.79 Å². The number of pyridine rings is 1. The molecule has 0 aliphatic carbocycles. The summed E-state index contributed by atoms with van der Waals surface area (Å²) in [5.74, 6) is 0.396. The van der Waals surface area contributed by atoms with E-state index in [-0.39, 0.29) is 23.8 Å². The fraction of sp³-hybridized carbons (Fsp3) is 0.280. The monoisotopic (exact) mass is 484 g/mol. The summed E-state index contributed by atoms with van der Waals surface area (Å²) >= 11 is 0. The molecule has 1 heterocycles. The number of aromatic nitrogens is 1. The zero-order chi connectivity index (χ0) is 24.6. The molecule has 0 radical (unpaired) electrons. The molecule has 0 aliphatic rings. The lowest BCUT2D eigenvalue weighted by Gasteiger charge is -2.29. The standard InChI is InChI=1S/C25H30N3O5S/c1-28(2,3)18-21(16-25(29)32-19-20-10-6-4-7-11-20)27-34(30,31)23-14-15-24(26-17-23)33-22-12-8-5-9-13-22/h4-15,17,21,27H,16,18-19H2,1-3H3/q+1. The number of likely N-dealkylation sites (N-methyl/N-ethyl adjacent to an activating group) is 1. The van der Waals surface area contributed by atoms with Gasteiger partial charge in [-0.2, -0.15) is 0 Å². The molecule has 2 aromatic carbocycles. The highest BCUT2D eigenvalue weighted by atomic mass is 32.2. The molecule has 1 aromatic heterocycles. The number of carbonyl (C=O) groups is 1. The van der Waals surface area contributed by atoms with E-state index in [2.05, 4.69) is 9.71 Å². The quantitative estimate of drug-likeness (QED) is 0.331. The third kappa shape index (κ3) is 8.26. The molecule has 0 fully saturated rings. The Hall–Kier alpha value is -3.27. The van der Waals surface area contributed by atoms with Crippen molar-refractivity contribution in [3.8, 4) is 11.6 Å². The molecule has 0 saturated heterocycles. The van der Waals surface area contributed by atoms with Gasteiger partial charge in [0.15, 0.2) is 0 Å². The van der Waals surface area contributed by atoms with Crippen molar-refractivity contribution in [2.45, 2.75) is 24.0 Å². The Labute approximate surface area is 200 Å². The molecule has 0 amide bonds. The lowest BCUT2D eigenvalue weighted by Crippen LogP contribution is -2.49. The van der Waals surface area contributed by atoms with E-state index >= 15 is 0 Å². The van der Waals surface area contributed by atoms with Gasteiger partial charge < -0.3 is 14.0 Å². The van der Waals surface area contributed by atoms with Gasteiger partial charge in [-0.05, 0) is 23.8 Å². The van der Waals surface area contributed by atoms with Gasteiger partial charge in [0.2, 0.25) is 15.9 Å². The highest BCUT2D eigenvalue weighted by Gasteiger charge is 2.28. The predicted molar refractivity (Wildman–Crippen MR) is 129 cm³/mol. The van der Waals surface area contributed by atoms with E-state index in [9.17, 15) is 13.2 Å². The minimum Gasteiger partial charge on any atom is -0.461 e. The summed E-state index contributed by atoms with van der Waals surface area (Å²) in [5.41, 5.74) is 0.864. The number of rotatable bonds is 11. The number of esters is 1. The van der Waals surface area contributed by atoms with Crippen LogP contribution in [0.2, 0.25) is 0 Å². The van der Waals surface area contributed by atoms with Crippen LogP contribution in [0.4, 0.5) is 0 Å². The summed E-state index contributed by atoms with van der Waals surface area (Å²) in [6, 6.07) is 20.7. The third-order valence-corrected chi connectivity index (χ3v) is 6.24. The van der Waals surface area contributed by atoms with Gasteiger partial charge in [-0.25, -0.2) is 18.1 Å². The number of hydrogen-bond acceptors (Lipinski definition) is 6. The summed E-state index contributed by atoms with van der Waals surface area (Å²) in [4.78, 5) is 16.6. The molecule has 0 spiro atoms. The second kappa shape index (κ2) is 11.2. The molecule has 0 aliphatic heterocycles. The van der Waals surface area contributed by atoms with Crippen LogP contribution in [0.25, 0.3) is 0 Å². The fourth-order valence-corrected chi connectivity index (χ4v) is 4.46. The molecule has 0 bridgehead atoms. The molecule has 0 saturated carbocycles. The van der Waals surface area contributed by atoms with E-state index in [1.807, 2.05) is 69.7 Å². The zero-order valence-electron chi connectivity index (χ0n) is 19.5. The van der Waals surface area contributed by atoms with Gasteiger partial charge in [0.25, 0.3) is 0 Å². The van der Waals surface area contributed by atoms with E-state index < -0.39 is 22.0 Å². The normalized spacial score (nSPS) is 12.7. The SMILES string of the molecule is C[N+](C)(C)CC(CC(=O)OCc1ccccc1)NS(=O)(=O)c1ccc(Oc2ccccc2)nc1. The van der Waals surface area contributed by atoms with Crippen LogP contribution in [-0.4, -0.2) is 57.6 Å². The van der Waals surface area contributed by atoms with Gasteiger partial charge in [0.1, 0.15) is 17.3 Å². The first-order valence-corrected chi connectivity index (χ1v) is 12.3. The van der Waals surface area contributed by atoms with Gasteiger partial charge in [-0.15, -0.1) is 0 Å². The molecule has 34 heavy (non-hydrogen) atoms. The molecule has 180 valence electrons. The van der Waals surface area contributed by atoms with Crippen molar-refractivity contribution in [1.29, 1.82) is 0 Å². The molecular formula is C25H30N3O5S+. The van der Waals surface area contributed by atoms with E-state index in [0.29, 0.717) is 16.8 Å². The second-order valence-corrected chi connectivity index (χ2v) is 10.6. The van der Waals surface area contributed by atoms with Crippen LogP contribution in [0.15, 0.2) is 83.9 Å². The lowest BCUT2D eigenvalue weighted by molar-refractivity contribution is -0.871. The molecule has 1 N–H and O–H groups in total. The van der Waals surface area contributed by atoms with Crippen molar-refractivity contribution in [1.82, 2.24) is 9.71 Å². The first-order chi connectivity index (χ1) is 16.1. The molecule has 3 aromatic rings. The molecular weight excluding hydrogens is 454 g/mol. The number of nitrogens with one attached hydrogen (secondary N) is 1. The van der Waals surface area contributed by atoms with Crippen LogP contribution in [0.5, 0.6) is 11.6 Å². The smallest absolute Gasteiger partial charge is 0.307 e. The number of hydrogen-bond donors (Lipinski definition) is 1. The number of carbonyl (C=O) groups excluding carboxylic acids is 1. The molecule has 1 unspecified atom stereocenters. The predicted octanol–water partition coefficient (Wildman–Crippen LogP) is 3.36. The topological polar surface area (TPSA) is 94.6 Å². The second-order valence-electron chi connectivity index (χ2n) is 8.89. The van der Waals surface area contributed by atoms with Crippen molar-refractivity contribution in [3.05, 3.63) is 84.6 Å². The third-order valence-electron chi connectivity index (χ3n) is 4.73. The number of benzene rings is 2. The summed E-state index contributed by atoms with van der Waals surface area (Å²) in [6.07, 6.45) is 1.14. The zero-order valence-corrected chi connectivity index (χ0v) is 20.4. The Bertz CT molecular complexity index is 1160. The van der Waals surface area contributed by atoms with Gasteiger partial charge in [0, 0.05) is 6.07 Å². The minimum atomic E-state index is -3.92. The summed E-state index contributed by atoms with van der Waals surface area (Å²) < 4.78 is 40.1. The van der Waals surface area contributed by atoms with Crippen LogP contribution >= 0.6 is 0 Å². The van der Waals surface area contributed by atoms with Gasteiger partial charge in [-0.1, -0.05) is 48.5 Å². The Morgan fingerprint density at radius 1 is 0.971 bits per heavy atom. The largest absolute Gasteiger partial charge is 0.461 e. The molecule has 9 heteroatoms. The van der Waals surface area contributed by atoms with Crippen LogP contribution in [0, 0.1) is 0 Å². The maximum atomic E-state index is 13.0. The van der Waals surface area contributed by atoms with Crippen molar-refractivity contribution >= 4 is 16.0 Å².